The van der Waals surface area contributed by atoms with E-state index >= 15 is 0 Å². The SMILES string of the molecule is CNCC1(CN(C)C2CCCCCC2)CCCCC1. The Kier molecular flexibility index (Phi) is 6.15. The Morgan fingerprint density at radius 1 is 0.947 bits per heavy atom. The predicted octanol–water partition coefficient (Wildman–Crippen LogP) is 3.81. The molecule has 0 unspecified atom stereocenters. The second kappa shape index (κ2) is 7.64. The van der Waals surface area contributed by atoms with Crippen LogP contribution in [0, 0.1) is 5.41 Å². The summed E-state index contributed by atoms with van der Waals surface area (Å²) in [5.41, 5.74) is 0.564. The lowest BCUT2D eigenvalue weighted by atomic mass is 9.73. The first-order chi connectivity index (χ1) is 9.26. The van der Waals surface area contributed by atoms with Gasteiger partial charge in [-0.15, -0.1) is 0 Å². The van der Waals surface area contributed by atoms with E-state index in [-0.39, 0.29) is 0 Å². The maximum Gasteiger partial charge on any atom is 0.00924 e. The minimum absolute atomic E-state index is 0.564. The van der Waals surface area contributed by atoms with Crippen molar-refractivity contribution in [2.75, 3.05) is 27.2 Å². The van der Waals surface area contributed by atoms with Crippen LogP contribution in [-0.2, 0) is 0 Å². The van der Waals surface area contributed by atoms with E-state index in [1.165, 1.54) is 83.7 Å². The minimum atomic E-state index is 0.564. The van der Waals surface area contributed by atoms with Gasteiger partial charge in [-0.2, -0.15) is 0 Å². The molecule has 2 aliphatic carbocycles. The zero-order valence-corrected chi connectivity index (χ0v) is 13.2. The lowest BCUT2D eigenvalue weighted by Crippen LogP contribution is -2.46. The molecule has 2 saturated carbocycles. The fourth-order valence-electron chi connectivity index (χ4n) is 4.42. The Balaban J connectivity index is 1.91. The van der Waals surface area contributed by atoms with Crippen LogP contribution < -0.4 is 5.32 Å². The molecule has 2 nitrogen and oxygen atoms in total. The van der Waals surface area contributed by atoms with Gasteiger partial charge in [-0.1, -0.05) is 44.9 Å². The smallest absolute Gasteiger partial charge is 0.00924 e. The van der Waals surface area contributed by atoms with Gasteiger partial charge in [0.05, 0.1) is 0 Å². The fourth-order valence-corrected chi connectivity index (χ4v) is 4.42. The van der Waals surface area contributed by atoms with Gasteiger partial charge < -0.3 is 10.2 Å². The highest BCUT2D eigenvalue weighted by Crippen LogP contribution is 2.37. The van der Waals surface area contributed by atoms with Crippen LogP contribution in [0.15, 0.2) is 0 Å². The van der Waals surface area contributed by atoms with Gasteiger partial charge in [0.2, 0.25) is 0 Å². The number of hydrogen-bond acceptors (Lipinski definition) is 2. The zero-order valence-electron chi connectivity index (χ0n) is 13.2. The lowest BCUT2D eigenvalue weighted by molar-refractivity contribution is 0.0891. The first kappa shape index (κ1) is 15.3. The molecule has 0 aliphatic heterocycles. The van der Waals surface area contributed by atoms with E-state index < -0.39 is 0 Å². The summed E-state index contributed by atoms with van der Waals surface area (Å²) < 4.78 is 0. The molecule has 0 aromatic rings. The molecule has 0 heterocycles. The highest BCUT2D eigenvalue weighted by Gasteiger charge is 2.34. The zero-order chi connectivity index (χ0) is 13.6. The third kappa shape index (κ3) is 4.46. The molecular formula is C17H34N2. The van der Waals surface area contributed by atoms with Gasteiger partial charge in [-0.3, -0.25) is 0 Å². The van der Waals surface area contributed by atoms with E-state index in [2.05, 4.69) is 24.3 Å². The molecule has 0 spiro atoms. The molecule has 0 aromatic heterocycles. The Bertz CT molecular complexity index is 232. The van der Waals surface area contributed by atoms with Crippen molar-refractivity contribution in [2.24, 2.45) is 5.41 Å². The highest BCUT2D eigenvalue weighted by molar-refractivity contribution is 4.88. The summed E-state index contributed by atoms with van der Waals surface area (Å²) >= 11 is 0. The molecule has 0 saturated heterocycles. The summed E-state index contributed by atoms with van der Waals surface area (Å²) in [6, 6.07) is 0.859. The normalized spacial score (nSPS) is 25.4. The summed E-state index contributed by atoms with van der Waals surface area (Å²) in [5, 5.41) is 3.47. The quantitative estimate of drug-likeness (QED) is 0.761. The number of nitrogens with one attached hydrogen (secondary N) is 1. The van der Waals surface area contributed by atoms with Crippen LogP contribution in [-0.4, -0.2) is 38.1 Å². The van der Waals surface area contributed by atoms with Crippen LogP contribution in [0.2, 0.25) is 0 Å². The standard InChI is InChI=1S/C17H34N2/c1-18-14-17(12-8-5-9-13-17)15-19(2)16-10-6-3-4-7-11-16/h16,18H,3-15H2,1-2H3. The molecule has 2 aliphatic rings. The third-order valence-corrected chi connectivity index (χ3v) is 5.50. The number of hydrogen-bond donors (Lipinski definition) is 1. The van der Waals surface area contributed by atoms with Gasteiger partial charge in [0.25, 0.3) is 0 Å². The lowest BCUT2D eigenvalue weighted by Gasteiger charge is -2.42. The molecule has 0 amide bonds. The van der Waals surface area contributed by atoms with Crippen molar-refractivity contribution >= 4 is 0 Å². The number of rotatable bonds is 5. The Hall–Kier alpha value is -0.0800. The molecule has 112 valence electrons. The fraction of sp³-hybridized carbons (Fsp3) is 1.00. The average molecular weight is 266 g/mol. The molecule has 0 atom stereocenters. The molecule has 2 rings (SSSR count). The second-order valence-corrected chi connectivity index (χ2v) is 7.15. The van der Waals surface area contributed by atoms with Crippen molar-refractivity contribution in [3.8, 4) is 0 Å². The molecule has 2 fully saturated rings. The summed E-state index contributed by atoms with van der Waals surface area (Å²) in [4.78, 5) is 2.72. The molecule has 0 aromatic carbocycles. The van der Waals surface area contributed by atoms with Crippen LogP contribution in [0.1, 0.15) is 70.6 Å². The van der Waals surface area contributed by atoms with Crippen LogP contribution in [0.4, 0.5) is 0 Å². The van der Waals surface area contributed by atoms with Crippen LogP contribution >= 0.6 is 0 Å². The van der Waals surface area contributed by atoms with Gasteiger partial charge >= 0.3 is 0 Å². The maximum atomic E-state index is 3.47. The summed E-state index contributed by atoms with van der Waals surface area (Å²) in [7, 11) is 4.52. The summed E-state index contributed by atoms with van der Waals surface area (Å²) in [5.74, 6) is 0. The minimum Gasteiger partial charge on any atom is -0.319 e. The molecule has 0 radical (unpaired) electrons. The Morgan fingerprint density at radius 3 is 2.11 bits per heavy atom. The first-order valence-corrected chi connectivity index (χ1v) is 8.61. The second-order valence-electron chi connectivity index (χ2n) is 7.15. The number of nitrogens with zero attached hydrogens (tertiary/aromatic N) is 1. The Morgan fingerprint density at radius 2 is 1.53 bits per heavy atom. The van der Waals surface area contributed by atoms with Crippen molar-refractivity contribution < 1.29 is 0 Å². The van der Waals surface area contributed by atoms with E-state index in [1.54, 1.807) is 0 Å². The van der Waals surface area contributed by atoms with Crippen molar-refractivity contribution in [3.63, 3.8) is 0 Å². The van der Waals surface area contributed by atoms with Crippen molar-refractivity contribution in [2.45, 2.75) is 76.7 Å². The van der Waals surface area contributed by atoms with Crippen molar-refractivity contribution in [1.29, 1.82) is 0 Å². The summed E-state index contributed by atoms with van der Waals surface area (Å²) in [6.45, 7) is 2.53. The van der Waals surface area contributed by atoms with E-state index in [1.807, 2.05) is 0 Å². The monoisotopic (exact) mass is 266 g/mol. The third-order valence-electron chi connectivity index (χ3n) is 5.50. The largest absolute Gasteiger partial charge is 0.319 e. The van der Waals surface area contributed by atoms with E-state index in [9.17, 15) is 0 Å². The average Bonchev–Trinajstić information content (AvgIpc) is 2.69. The van der Waals surface area contributed by atoms with Gasteiger partial charge in [-0.25, -0.2) is 0 Å². The van der Waals surface area contributed by atoms with E-state index in [0.717, 1.165) is 6.04 Å². The van der Waals surface area contributed by atoms with E-state index in [4.69, 9.17) is 0 Å². The molecule has 1 N–H and O–H groups in total. The van der Waals surface area contributed by atoms with Crippen molar-refractivity contribution in [3.05, 3.63) is 0 Å². The predicted molar refractivity (Wildman–Crippen MR) is 83.6 cm³/mol. The van der Waals surface area contributed by atoms with Gasteiger partial charge in [0, 0.05) is 19.1 Å². The first-order valence-electron chi connectivity index (χ1n) is 8.61. The molecule has 19 heavy (non-hydrogen) atoms. The van der Waals surface area contributed by atoms with Gasteiger partial charge in [0.15, 0.2) is 0 Å². The van der Waals surface area contributed by atoms with Crippen LogP contribution in [0.3, 0.4) is 0 Å². The maximum absolute atomic E-state index is 3.47. The highest BCUT2D eigenvalue weighted by atomic mass is 15.1. The van der Waals surface area contributed by atoms with E-state index in [0.29, 0.717) is 5.41 Å². The van der Waals surface area contributed by atoms with Crippen molar-refractivity contribution in [1.82, 2.24) is 10.2 Å². The summed E-state index contributed by atoms with van der Waals surface area (Å²) in [6.07, 6.45) is 15.9. The topological polar surface area (TPSA) is 15.3 Å². The van der Waals surface area contributed by atoms with Crippen LogP contribution in [0.25, 0.3) is 0 Å². The molecule has 2 heteroatoms. The Labute approximate surface area is 120 Å². The van der Waals surface area contributed by atoms with Crippen LogP contribution in [0.5, 0.6) is 0 Å². The van der Waals surface area contributed by atoms with Gasteiger partial charge in [-0.05, 0) is 45.2 Å². The van der Waals surface area contributed by atoms with Gasteiger partial charge in [0.1, 0.15) is 0 Å². The molecule has 0 bridgehead atoms. The molecular weight excluding hydrogens is 232 g/mol.